The van der Waals surface area contributed by atoms with Crippen LogP contribution in [-0.4, -0.2) is 14.2 Å². The van der Waals surface area contributed by atoms with Gasteiger partial charge in [0.05, 0.1) is 12.1 Å². The molecule has 0 spiro atoms. The number of hydrogen-bond donors (Lipinski definition) is 1. The summed E-state index contributed by atoms with van der Waals surface area (Å²) in [7, 11) is 3.53. The van der Waals surface area contributed by atoms with Crippen LogP contribution < -0.4 is 10.1 Å². The van der Waals surface area contributed by atoms with Gasteiger partial charge in [-0.05, 0) is 35.9 Å². The molecule has 3 heteroatoms. The second-order valence-electron chi connectivity index (χ2n) is 3.68. The number of rotatable bonds is 3. The van der Waals surface area contributed by atoms with Crippen molar-refractivity contribution in [3.63, 3.8) is 0 Å². The minimum atomic E-state index is 0.692. The third kappa shape index (κ3) is 2.53. The Labute approximate surface area is 106 Å². The molecule has 0 heterocycles. The van der Waals surface area contributed by atoms with Gasteiger partial charge in [0.1, 0.15) is 5.75 Å². The minimum Gasteiger partial charge on any atom is -0.497 e. The van der Waals surface area contributed by atoms with Crippen LogP contribution in [0.5, 0.6) is 5.75 Å². The lowest BCUT2D eigenvalue weighted by Crippen LogP contribution is -1.89. The predicted octanol–water partition coefficient (Wildman–Crippen LogP) is 4.06. The number of ether oxygens (including phenoxy) is 1. The fourth-order valence-electron chi connectivity index (χ4n) is 1.70. The van der Waals surface area contributed by atoms with Crippen molar-refractivity contribution in [2.45, 2.75) is 0 Å². The van der Waals surface area contributed by atoms with Gasteiger partial charge in [0.25, 0.3) is 0 Å². The number of anilines is 1. The zero-order valence-corrected chi connectivity index (χ0v) is 10.6. The Hall–Kier alpha value is -1.67. The summed E-state index contributed by atoms with van der Waals surface area (Å²) in [5, 5.41) is 3.80. The lowest BCUT2D eigenvalue weighted by atomic mass is 10.0. The number of halogens is 1. The van der Waals surface area contributed by atoms with E-state index in [1.807, 2.05) is 43.4 Å². The fraction of sp³-hybridized carbons (Fsp3) is 0.143. The van der Waals surface area contributed by atoms with Crippen molar-refractivity contribution in [3.8, 4) is 16.9 Å². The lowest BCUT2D eigenvalue weighted by Gasteiger charge is -2.08. The van der Waals surface area contributed by atoms with E-state index < -0.39 is 0 Å². The molecule has 17 heavy (non-hydrogen) atoms. The number of nitrogens with one attached hydrogen (secondary N) is 1. The Morgan fingerprint density at radius 1 is 1.12 bits per heavy atom. The molecule has 0 aromatic heterocycles. The Morgan fingerprint density at radius 2 is 1.94 bits per heavy atom. The van der Waals surface area contributed by atoms with Crippen LogP contribution in [0.4, 0.5) is 5.69 Å². The molecule has 0 aliphatic rings. The van der Waals surface area contributed by atoms with E-state index in [4.69, 9.17) is 16.3 Å². The Balaban J connectivity index is 2.45. The average Bonchev–Trinajstić information content (AvgIpc) is 2.38. The molecule has 1 N–H and O–H groups in total. The highest BCUT2D eigenvalue weighted by molar-refractivity contribution is 6.33. The summed E-state index contributed by atoms with van der Waals surface area (Å²) in [6, 6.07) is 13.8. The third-order valence-corrected chi connectivity index (χ3v) is 2.95. The summed E-state index contributed by atoms with van der Waals surface area (Å²) >= 11 is 6.24. The molecule has 0 aliphatic carbocycles. The quantitative estimate of drug-likeness (QED) is 0.883. The molecule has 2 aromatic carbocycles. The molecule has 0 amide bonds. The van der Waals surface area contributed by atoms with Crippen LogP contribution in [0.25, 0.3) is 11.1 Å². The first-order chi connectivity index (χ1) is 8.24. The predicted molar refractivity (Wildman–Crippen MR) is 73.0 cm³/mol. The zero-order chi connectivity index (χ0) is 12.3. The Kier molecular flexibility index (Phi) is 3.55. The van der Waals surface area contributed by atoms with Gasteiger partial charge in [-0.3, -0.25) is 0 Å². The molecule has 0 unspecified atom stereocenters. The van der Waals surface area contributed by atoms with Crippen molar-refractivity contribution in [1.29, 1.82) is 0 Å². The maximum atomic E-state index is 6.24. The Morgan fingerprint density at radius 3 is 2.59 bits per heavy atom. The van der Waals surface area contributed by atoms with Gasteiger partial charge in [0.2, 0.25) is 0 Å². The van der Waals surface area contributed by atoms with Crippen LogP contribution in [0.2, 0.25) is 5.02 Å². The van der Waals surface area contributed by atoms with E-state index in [-0.39, 0.29) is 0 Å². The summed E-state index contributed by atoms with van der Waals surface area (Å²) in [6.07, 6.45) is 0. The van der Waals surface area contributed by atoms with Crippen LogP contribution in [0, 0.1) is 0 Å². The molecule has 0 atom stereocenters. The molecule has 0 saturated carbocycles. The summed E-state index contributed by atoms with van der Waals surface area (Å²) in [5.74, 6) is 0.767. The van der Waals surface area contributed by atoms with Crippen molar-refractivity contribution in [2.24, 2.45) is 0 Å². The molecule has 2 nitrogen and oxygen atoms in total. The first kappa shape index (κ1) is 11.8. The van der Waals surface area contributed by atoms with Crippen LogP contribution in [0.15, 0.2) is 42.5 Å². The Bertz CT molecular complexity index is 525. The summed E-state index contributed by atoms with van der Waals surface area (Å²) in [5.41, 5.74) is 3.16. The van der Waals surface area contributed by atoms with Crippen molar-refractivity contribution in [3.05, 3.63) is 47.5 Å². The second kappa shape index (κ2) is 5.11. The largest absolute Gasteiger partial charge is 0.497 e. The molecule has 0 fully saturated rings. The molecular weight excluding hydrogens is 234 g/mol. The number of benzene rings is 2. The van der Waals surface area contributed by atoms with E-state index in [9.17, 15) is 0 Å². The van der Waals surface area contributed by atoms with Gasteiger partial charge in [-0.2, -0.15) is 0 Å². The topological polar surface area (TPSA) is 21.3 Å². The fourth-order valence-corrected chi connectivity index (χ4v) is 1.98. The summed E-state index contributed by atoms with van der Waals surface area (Å²) < 4.78 is 5.13. The first-order valence-electron chi connectivity index (χ1n) is 5.36. The van der Waals surface area contributed by atoms with Crippen LogP contribution in [0.3, 0.4) is 0 Å². The van der Waals surface area contributed by atoms with Gasteiger partial charge in [0, 0.05) is 18.3 Å². The normalized spacial score (nSPS) is 10.1. The number of hydrogen-bond acceptors (Lipinski definition) is 2. The van der Waals surface area contributed by atoms with Gasteiger partial charge >= 0.3 is 0 Å². The van der Waals surface area contributed by atoms with Gasteiger partial charge in [0.15, 0.2) is 0 Å². The molecule has 88 valence electrons. The maximum absolute atomic E-state index is 6.24. The van der Waals surface area contributed by atoms with Gasteiger partial charge in [-0.1, -0.05) is 23.7 Å². The van der Waals surface area contributed by atoms with E-state index in [2.05, 4.69) is 11.4 Å². The maximum Gasteiger partial charge on any atom is 0.120 e. The van der Waals surface area contributed by atoms with E-state index >= 15 is 0 Å². The summed E-state index contributed by atoms with van der Waals surface area (Å²) in [4.78, 5) is 0. The molecule has 2 aromatic rings. The SMILES string of the molecule is CNc1cccc(-c2ccc(OC)cc2Cl)c1. The second-order valence-corrected chi connectivity index (χ2v) is 4.08. The smallest absolute Gasteiger partial charge is 0.120 e. The monoisotopic (exact) mass is 247 g/mol. The highest BCUT2D eigenvalue weighted by Crippen LogP contribution is 2.32. The van der Waals surface area contributed by atoms with E-state index in [0.29, 0.717) is 5.02 Å². The van der Waals surface area contributed by atoms with E-state index in [1.54, 1.807) is 7.11 Å². The minimum absolute atomic E-state index is 0.692. The van der Waals surface area contributed by atoms with Gasteiger partial charge in [-0.15, -0.1) is 0 Å². The van der Waals surface area contributed by atoms with Crippen molar-refractivity contribution in [1.82, 2.24) is 0 Å². The summed E-state index contributed by atoms with van der Waals surface area (Å²) in [6.45, 7) is 0. The van der Waals surface area contributed by atoms with Gasteiger partial charge < -0.3 is 10.1 Å². The third-order valence-electron chi connectivity index (χ3n) is 2.64. The standard InChI is InChI=1S/C14H14ClNO/c1-16-11-5-3-4-10(8-11)13-7-6-12(17-2)9-14(13)15/h3-9,16H,1-2H3. The molecule has 0 bridgehead atoms. The van der Waals surface area contributed by atoms with E-state index in [1.165, 1.54) is 0 Å². The average molecular weight is 248 g/mol. The van der Waals surface area contributed by atoms with Crippen LogP contribution in [-0.2, 0) is 0 Å². The van der Waals surface area contributed by atoms with Gasteiger partial charge in [-0.25, -0.2) is 0 Å². The molecule has 0 saturated heterocycles. The molecule has 0 aliphatic heterocycles. The van der Waals surface area contributed by atoms with Crippen molar-refractivity contribution < 1.29 is 4.74 Å². The zero-order valence-electron chi connectivity index (χ0n) is 9.83. The van der Waals surface area contributed by atoms with Crippen LogP contribution in [0.1, 0.15) is 0 Å². The first-order valence-corrected chi connectivity index (χ1v) is 5.74. The van der Waals surface area contributed by atoms with Crippen molar-refractivity contribution >= 4 is 17.3 Å². The molecule has 0 radical (unpaired) electrons. The van der Waals surface area contributed by atoms with Crippen LogP contribution >= 0.6 is 11.6 Å². The van der Waals surface area contributed by atoms with E-state index in [0.717, 1.165) is 22.6 Å². The molecular formula is C14H14ClNO. The highest BCUT2D eigenvalue weighted by atomic mass is 35.5. The number of methoxy groups -OCH3 is 1. The van der Waals surface area contributed by atoms with Crippen molar-refractivity contribution in [2.75, 3.05) is 19.5 Å². The molecule has 2 rings (SSSR count). The lowest BCUT2D eigenvalue weighted by molar-refractivity contribution is 0.415. The highest BCUT2D eigenvalue weighted by Gasteiger charge is 2.05.